The van der Waals surface area contributed by atoms with Gasteiger partial charge in [0.25, 0.3) is 0 Å². The van der Waals surface area contributed by atoms with Crippen molar-refractivity contribution in [1.82, 2.24) is 15.5 Å². The summed E-state index contributed by atoms with van der Waals surface area (Å²) in [5.41, 5.74) is -0.321. The molecule has 2 rings (SSSR count). The highest BCUT2D eigenvalue weighted by Gasteiger charge is 2.35. The van der Waals surface area contributed by atoms with E-state index in [-0.39, 0.29) is 11.4 Å². The summed E-state index contributed by atoms with van der Waals surface area (Å²) in [6.45, 7) is 7.17. The molecule has 2 fully saturated rings. The number of nitrogens with one attached hydrogen (secondary N) is 2. The van der Waals surface area contributed by atoms with Crippen LogP contribution in [0, 0.1) is 0 Å². The zero-order valence-electron chi connectivity index (χ0n) is 11.6. The van der Waals surface area contributed by atoms with Crippen molar-refractivity contribution in [2.45, 2.75) is 51.0 Å². The lowest BCUT2D eigenvalue weighted by molar-refractivity contribution is -0.126. The van der Waals surface area contributed by atoms with E-state index in [1.165, 1.54) is 38.8 Å². The SMILES string of the molecule is CC1(C(=O)NCCN2CCCCCC2)CCCN1. The molecule has 0 spiro atoms. The van der Waals surface area contributed by atoms with Crippen molar-refractivity contribution in [2.75, 3.05) is 32.7 Å². The Labute approximate surface area is 110 Å². The number of carbonyl (C=O) groups excluding carboxylic acids is 1. The van der Waals surface area contributed by atoms with E-state index in [9.17, 15) is 4.79 Å². The molecule has 4 heteroatoms. The number of hydrogen-bond acceptors (Lipinski definition) is 3. The van der Waals surface area contributed by atoms with Crippen LogP contribution in [0.3, 0.4) is 0 Å². The monoisotopic (exact) mass is 253 g/mol. The van der Waals surface area contributed by atoms with Crippen molar-refractivity contribution in [3.63, 3.8) is 0 Å². The molecule has 0 aromatic heterocycles. The highest BCUT2D eigenvalue weighted by atomic mass is 16.2. The molecular weight excluding hydrogens is 226 g/mol. The maximum absolute atomic E-state index is 12.1. The van der Waals surface area contributed by atoms with Gasteiger partial charge in [-0.25, -0.2) is 0 Å². The third-order valence-corrected chi connectivity index (χ3v) is 4.28. The summed E-state index contributed by atoms with van der Waals surface area (Å²) >= 11 is 0. The van der Waals surface area contributed by atoms with Crippen LogP contribution in [0.5, 0.6) is 0 Å². The Morgan fingerprint density at radius 2 is 1.94 bits per heavy atom. The van der Waals surface area contributed by atoms with Gasteiger partial charge in [0, 0.05) is 13.1 Å². The molecule has 2 saturated heterocycles. The Kier molecular flexibility index (Phi) is 5.01. The summed E-state index contributed by atoms with van der Waals surface area (Å²) in [6, 6.07) is 0. The molecule has 18 heavy (non-hydrogen) atoms. The molecule has 0 aliphatic carbocycles. The smallest absolute Gasteiger partial charge is 0.240 e. The first-order chi connectivity index (χ1) is 8.71. The van der Waals surface area contributed by atoms with Crippen LogP contribution in [0.15, 0.2) is 0 Å². The Balaban J connectivity index is 1.66. The average molecular weight is 253 g/mol. The third kappa shape index (κ3) is 3.69. The van der Waals surface area contributed by atoms with Crippen LogP contribution in [0.2, 0.25) is 0 Å². The number of rotatable bonds is 4. The van der Waals surface area contributed by atoms with Crippen molar-refractivity contribution >= 4 is 5.91 Å². The number of nitrogens with zero attached hydrogens (tertiary/aromatic N) is 1. The highest BCUT2D eigenvalue weighted by Crippen LogP contribution is 2.18. The van der Waals surface area contributed by atoms with E-state index in [1.54, 1.807) is 0 Å². The van der Waals surface area contributed by atoms with E-state index in [1.807, 2.05) is 6.92 Å². The zero-order valence-corrected chi connectivity index (χ0v) is 11.6. The highest BCUT2D eigenvalue weighted by molar-refractivity contribution is 5.86. The van der Waals surface area contributed by atoms with Gasteiger partial charge in [0.2, 0.25) is 5.91 Å². The summed E-state index contributed by atoms with van der Waals surface area (Å²) in [6.07, 6.45) is 7.43. The number of carbonyl (C=O) groups is 1. The predicted molar refractivity (Wildman–Crippen MR) is 73.6 cm³/mol. The molecule has 0 radical (unpaired) electrons. The molecule has 2 N–H and O–H groups in total. The largest absolute Gasteiger partial charge is 0.353 e. The van der Waals surface area contributed by atoms with Gasteiger partial charge in [-0.05, 0) is 52.2 Å². The molecule has 0 bridgehead atoms. The quantitative estimate of drug-likeness (QED) is 0.789. The molecule has 2 heterocycles. The first kappa shape index (κ1) is 13.8. The van der Waals surface area contributed by atoms with Gasteiger partial charge in [-0.1, -0.05) is 12.8 Å². The Morgan fingerprint density at radius 1 is 1.22 bits per heavy atom. The molecule has 4 nitrogen and oxygen atoms in total. The molecule has 1 atom stereocenters. The van der Waals surface area contributed by atoms with Crippen LogP contribution in [0.25, 0.3) is 0 Å². The van der Waals surface area contributed by atoms with Gasteiger partial charge in [-0.15, -0.1) is 0 Å². The Bertz CT molecular complexity index is 266. The van der Waals surface area contributed by atoms with E-state index in [0.717, 1.165) is 32.5 Å². The second-order valence-electron chi connectivity index (χ2n) is 5.87. The molecule has 1 unspecified atom stereocenters. The van der Waals surface area contributed by atoms with Crippen LogP contribution in [0.1, 0.15) is 45.4 Å². The van der Waals surface area contributed by atoms with E-state index in [0.29, 0.717) is 0 Å². The molecule has 104 valence electrons. The maximum atomic E-state index is 12.1. The van der Waals surface area contributed by atoms with Crippen molar-refractivity contribution < 1.29 is 4.79 Å². The van der Waals surface area contributed by atoms with E-state index >= 15 is 0 Å². The lowest BCUT2D eigenvalue weighted by atomic mass is 9.99. The summed E-state index contributed by atoms with van der Waals surface area (Å²) in [5, 5.41) is 6.40. The normalized spacial score (nSPS) is 30.1. The van der Waals surface area contributed by atoms with E-state index in [4.69, 9.17) is 0 Å². The predicted octanol–water partition coefficient (Wildman–Crippen LogP) is 1.12. The fourth-order valence-corrected chi connectivity index (χ4v) is 2.97. The van der Waals surface area contributed by atoms with Gasteiger partial charge in [0.05, 0.1) is 5.54 Å². The van der Waals surface area contributed by atoms with Gasteiger partial charge in [-0.3, -0.25) is 4.79 Å². The van der Waals surface area contributed by atoms with E-state index in [2.05, 4.69) is 15.5 Å². The van der Waals surface area contributed by atoms with Crippen LogP contribution in [-0.4, -0.2) is 49.1 Å². The maximum Gasteiger partial charge on any atom is 0.240 e. The van der Waals surface area contributed by atoms with Gasteiger partial charge < -0.3 is 15.5 Å². The fourth-order valence-electron chi connectivity index (χ4n) is 2.97. The molecule has 0 saturated carbocycles. The summed E-state index contributed by atoms with van der Waals surface area (Å²) in [7, 11) is 0. The number of hydrogen-bond donors (Lipinski definition) is 2. The Hall–Kier alpha value is -0.610. The number of amides is 1. The van der Waals surface area contributed by atoms with Gasteiger partial charge >= 0.3 is 0 Å². The van der Waals surface area contributed by atoms with Gasteiger partial charge in [0.15, 0.2) is 0 Å². The minimum atomic E-state index is -0.321. The second kappa shape index (κ2) is 6.53. The zero-order chi connectivity index (χ0) is 12.8. The molecule has 0 aromatic carbocycles. The first-order valence-electron chi connectivity index (χ1n) is 7.46. The average Bonchev–Trinajstić information content (AvgIpc) is 2.65. The van der Waals surface area contributed by atoms with Crippen molar-refractivity contribution in [2.24, 2.45) is 0 Å². The number of likely N-dealkylation sites (tertiary alicyclic amines) is 1. The van der Waals surface area contributed by atoms with Crippen LogP contribution in [-0.2, 0) is 4.79 Å². The molecular formula is C14H27N3O. The topological polar surface area (TPSA) is 44.4 Å². The lowest BCUT2D eigenvalue weighted by Gasteiger charge is -2.25. The van der Waals surface area contributed by atoms with Crippen LogP contribution >= 0.6 is 0 Å². The molecule has 0 aromatic rings. The van der Waals surface area contributed by atoms with Crippen molar-refractivity contribution in [3.8, 4) is 0 Å². The van der Waals surface area contributed by atoms with Crippen molar-refractivity contribution in [3.05, 3.63) is 0 Å². The van der Waals surface area contributed by atoms with Gasteiger partial charge in [-0.2, -0.15) is 0 Å². The standard InChI is InChI=1S/C14H27N3O/c1-14(7-6-8-16-14)13(18)15-9-12-17-10-4-2-3-5-11-17/h16H,2-12H2,1H3,(H,15,18). The fraction of sp³-hybridized carbons (Fsp3) is 0.929. The van der Waals surface area contributed by atoms with Crippen molar-refractivity contribution in [1.29, 1.82) is 0 Å². The molecule has 1 amide bonds. The minimum Gasteiger partial charge on any atom is -0.353 e. The summed E-state index contributed by atoms with van der Waals surface area (Å²) < 4.78 is 0. The molecule has 2 aliphatic heterocycles. The van der Waals surface area contributed by atoms with Crippen LogP contribution < -0.4 is 10.6 Å². The second-order valence-corrected chi connectivity index (χ2v) is 5.87. The third-order valence-electron chi connectivity index (χ3n) is 4.28. The minimum absolute atomic E-state index is 0.176. The summed E-state index contributed by atoms with van der Waals surface area (Å²) in [5.74, 6) is 0.176. The first-order valence-corrected chi connectivity index (χ1v) is 7.46. The summed E-state index contributed by atoms with van der Waals surface area (Å²) in [4.78, 5) is 14.6. The molecule has 2 aliphatic rings. The Morgan fingerprint density at radius 3 is 2.56 bits per heavy atom. The van der Waals surface area contributed by atoms with Crippen LogP contribution in [0.4, 0.5) is 0 Å². The van der Waals surface area contributed by atoms with E-state index < -0.39 is 0 Å². The lowest BCUT2D eigenvalue weighted by Crippen LogP contribution is -2.52. The van der Waals surface area contributed by atoms with Gasteiger partial charge in [0.1, 0.15) is 0 Å².